The molecule has 3 aromatic rings. The maximum atomic E-state index is 13.7. The van der Waals surface area contributed by atoms with E-state index >= 15 is 0 Å². The molecule has 184 valence electrons. The van der Waals surface area contributed by atoms with E-state index in [1.54, 1.807) is 0 Å². The van der Waals surface area contributed by atoms with Crippen LogP contribution in [0, 0.1) is 13.8 Å². The van der Waals surface area contributed by atoms with Crippen LogP contribution in [0.25, 0.3) is 11.3 Å². The summed E-state index contributed by atoms with van der Waals surface area (Å²) in [6, 6.07) is 16.0. The van der Waals surface area contributed by atoms with Crippen LogP contribution in [-0.4, -0.2) is 61.5 Å². The predicted octanol–water partition coefficient (Wildman–Crippen LogP) is 4.62. The number of hydrogen-bond acceptors (Lipinski definition) is 6. The van der Waals surface area contributed by atoms with Gasteiger partial charge in [-0.15, -0.1) is 0 Å². The quantitative estimate of drug-likeness (QED) is 0.497. The molecule has 7 heteroatoms. The minimum atomic E-state index is -0.00943. The number of aromatic nitrogens is 1. The molecule has 3 heterocycles. The largest absolute Gasteiger partial charge is 0.378 e. The van der Waals surface area contributed by atoms with Crippen LogP contribution < -0.4 is 4.90 Å². The molecule has 2 aromatic carbocycles. The summed E-state index contributed by atoms with van der Waals surface area (Å²) in [7, 11) is 0. The summed E-state index contributed by atoms with van der Waals surface area (Å²) in [6.45, 7) is 8.51. The standard InChI is InChI=1S/C28H33N3O4/c1-20-8-10-22(11-9-20)27(32)31(18-24-7-4-14-34-24)19-25-26(23-6-3-5-21(2)17-23)29-35-28(25)30-12-15-33-16-13-30/h3,5-6,8-11,17,24H,4,7,12-16,18-19H2,1-2H3/t24-/m1/s1. The number of amides is 1. The number of carbonyl (C=O) groups is 1. The van der Waals surface area contributed by atoms with E-state index in [1.807, 2.05) is 48.2 Å². The third kappa shape index (κ3) is 5.41. The molecule has 35 heavy (non-hydrogen) atoms. The lowest BCUT2D eigenvalue weighted by Gasteiger charge is -2.29. The van der Waals surface area contributed by atoms with Crippen molar-refractivity contribution in [3.05, 3.63) is 70.8 Å². The summed E-state index contributed by atoms with van der Waals surface area (Å²) in [5.41, 5.74) is 5.65. The van der Waals surface area contributed by atoms with Crippen molar-refractivity contribution in [2.24, 2.45) is 0 Å². The molecular formula is C28H33N3O4. The van der Waals surface area contributed by atoms with Crippen LogP contribution in [-0.2, 0) is 16.0 Å². The Morgan fingerprint density at radius 1 is 1.06 bits per heavy atom. The Balaban J connectivity index is 1.52. The maximum Gasteiger partial charge on any atom is 0.254 e. The number of carbonyl (C=O) groups excluding carboxylic acids is 1. The van der Waals surface area contributed by atoms with Gasteiger partial charge in [0.15, 0.2) is 0 Å². The summed E-state index contributed by atoms with van der Waals surface area (Å²) in [6.07, 6.45) is 2.03. The Morgan fingerprint density at radius 2 is 1.86 bits per heavy atom. The Hall–Kier alpha value is -3.16. The number of hydrogen-bond donors (Lipinski definition) is 0. The van der Waals surface area contributed by atoms with Gasteiger partial charge >= 0.3 is 0 Å². The van der Waals surface area contributed by atoms with Crippen LogP contribution in [0.5, 0.6) is 0 Å². The van der Waals surface area contributed by atoms with Gasteiger partial charge in [0.25, 0.3) is 5.91 Å². The van der Waals surface area contributed by atoms with Crippen molar-refractivity contribution in [1.29, 1.82) is 0 Å². The van der Waals surface area contributed by atoms with E-state index in [0.717, 1.165) is 66.4 Å². The minimum absolute atomic E-state index is 0.00943. The van der Waals surface area contributed by atoms with Gasteiger partial charge in [0.2, 0.25) is 5.88 Å². The number of anilines is 1. The van der Waals surface area contributed by atoms with Crippen LogP contribution >= 0.6 is 0 Å². The molecule has 0 spiro atoms. The number of rotatable bonds is 7. The third-order valence-electron chi connectivity index (χ3n) is 6.74. The van der Waals surface area contributed by atoms with E-state index in [0.29, 0.717) is 31.9 Å². The Kier molecular flexibility index (Phi) is 7.16. The van der Waals surface area contributed by atoms with Crippen LogP contribution in [0.2, 0.25) is 0 Å². The zero-order valence-corrected chi connectivity index (χ0v) is 20.5. The van der Waals surface area contributed by atoms with Crippen LogP contribution in [0.1, 0.15) is 39.9 Å². The predicted molar refractivity (Wildman–Crippen MR) is 135 cm³/mol. The highest BCUT2D eigenvalue weighted by Gasteiger charge is 2.30. The first-order valence-electron chi connectivity index (χ1n) is 12.4. The van der Waals surface area contributed by atoms with Crippen molar-refractivity contribution >= 4 is 11.8 Å². The van der Waals surface area contributed by atoms with Gasteiger partial charge in [0, 0.05) is 37.4 Å². The Bertz CT molecular complexity index is 1150. The normalized spacial score (nSPS) is 18.1. The Labute approximate surface area is 206 Å². The number of benzene rings is 2. The van der Waals surface area contributed by atoms with Gasteiger partial charge in [-0.3, -0.25) is 4.79 Å². The average molecular weight is 476 g/mol. The number of morpholine rings is 1. The second-order valence-electron chi connectivity index (χ2n) is 9.47. The topological polar surface area (TPSA) is 68.0 Å². The van der Waals surface area contributed by atoms with Gasteiger partial charge in [0.1, 0.15) is 5.69 Å². The molecule has 2 saturated heterocycles. The zero-order chi connectivity index (χ0) is 24.2. The fourth-order valence-corrected chi connectivity index (χ4v) is 4.80. The van der Waals surface area contributed by atoms with Crippen molar-refractivity contribution in [2.45, 2.75) is 39.3 Å². The lowest BCUT2D eigenvalue weighted by atomic mass is 10.0. The highest BCUT2D eigenvalue weighted by molar-refractivity contribution is 5.94. The number of aryl methyl sites for hydroxylation is 2. The average Bonchev–Trinajstić information content (AvgIpc) is 3.54. The molecule has 0 saturated carbocycles. The van der Waals surface area contributed by atoms with E-state index in [4.69, 9.17) is 14.0 Å². The first-order valence-corrected chi connectivity index (χ1v) is 12.4. The van der Waals surface area contributed by atoms with Crippen molar-refractivity contribution in [3.63, 3.8) is 0 Å². The molecule has 1 aromatic heterocycles. The zero-order valence-electron chi connectivity index (χ0n) is 20.5. The van der Waals surface area contributed by atoms with Crippen LogP contribution in [0.15, 0.2) is 53.1 Å². The van der Waals surface area contributed by atoms with Crippen molar-refractivity contribution in [1.82, 2.24) is 10.1 Å². The second-order valence-corrected chi connectivity index (χ2v) is 9.47. The SMILES string of the molecule is Cc1ccc(C(=O)N(Cc2c(-c3cccc(C)c3)noc2N2CCOCC2)C[C@H]2CCCO2)cc1. The number of nitrogens with zero attached hydrogens (tertiary/aromatic N) is 3. The molecule has 2 aliphatic rings. The molecule has 1 atom stereocenters. The monoisotopic (exact) mass is 475 g/mol. The van der Waals surface area contributed by atoms with Gasteiger partial charge in [-0.1, -0.05) is 46.6 Å². The summed E-state index contributed by atoms with van der Waals surface area (Å²) in [4.78, 5) is 17.8. The fraction of sp³-hybridized carbons (Fsp3) is 0.429. The summed E-state index contributed by atoms with van der Waals surface area (Å²) < 4.78 is 17.4. The molecule has 2 aliphatic heterocycles. The Morgan fingerprint density at radius 3 is 2.57 bits per heavy atom. The van der Waals surface area contributed by atoms with Crippen LogP contribution in [0.3, 0.4) is 0 Å². The molecule has 1 amide bonds. The smallest absolute Gasteiger partial charge is 0.254 e. The fourth-order valence-electron chi connectivity index (χ4n) is 4.80. The number of ether oxygens (including phenoxy) is 2. The van der Waals surface area contributed by atoms with Crippen LogP contribution in [0.4, 0.5) is 5.88 Å². The molecule has 0 N–H and O–H groups in total. The first-order chi connectivity index (χ1) is 17.1. The molecule has 0 unspecified atom stereocenters. The lowest BCUT2D eigenvalue weighted by Crippen LogP contribution is -2.39. The van der Waals surface area contributed by atoms with Crippen molar-refractivity contribution in [3.8, 4) is 11.3 Å². The second kappa shape index (κ2) is 10.6. The molecule has 0 radical (unpaired) electrons. The maximum absolute atomic E-state index is 13.7. The van der Waals surface area contributed by atoms with E-state index in [1.165, 1.54) is 0 Å². The minimum Gasteiger partial charge on any atom is -0.378 e. The van der Waals surface area contributed by atoms with Gasteiger partial charge in [-0.25, -0.2) is 0 Å². The highest BCUT2D eigenvalue weighted by atomic mass is 16.5. The first kappa shape index (κ1) is 23.6. The molecule has 7 nitrogen and oxygen atoms in total. The van der Waals surface area contributed by atoms with Crippen molar-refractivity contribution < 1.29 is 18.8 Å². The summed E-state index contributed by atoms with van der Waals surface area (Å²) >= 11 is 0. The van der Waals surface area contributed by atoms with Gasteiger partial charge in [-0.05, 0) is 44.9 Å². The lowest BCUT2D eigenvalue weighted by molar-refractivity contribution is 0.0507. The molecular weight excluding hydrogens is 442 g/mol. The third-order valence-corrected chi connectivity index (χ3v) is 6.74. The van der Waals surface area contributed by atoms with Crippen molar-refractivity contribution in [2.75, 3.05) is 44.4 Å². The molecule has 0 aliphatic carbocycles. The van der Waals surface area contributed by atoms with E-state index in [9.17, 15) is 4.79 Å². The van der Waals surface area contributed by atoms with E-state index in [-0.39, 0.29) is 12.0 Å². The van der Waals surface area contributed by atoms with E-state index < -0.39 is 0 Å². The van der Waals surface area contributed by atoms with E-state index in [2.05, 4.69) is 29.1 Å². The molecule has 0 bridgehead atoms. The summed E-state index contributed by atoms with van der Waals surface area (Å²) in [5, 5.41) is 4.50. The van der Waals surface area contributed by atoms with Gasteiger partial charge in [0.05, 0.1) is 31.4 Å². The highest BCUT2D eigenvalue weighted by Crippen LogP contribution is 2.34. The summed E-state index contributed by atoms with van der Waals surface area (Å²) in [5.74, 6) is 0.712. The van der Waals surface area contributed by atoms with Gasteiger partial charge in [-0.2, -0.15) is 0 Å². The molecule has 2 fully saturated rings. The molecule has 5 rings (SSSR count). The van der Waals surface area contributed by atoms with Gasteiger partial charge < -0.3 is 23.8 Å².